The van der Waals surface area contributed by atoms with Crippen LogP contribution in [0, 0.1) is 29.4 Å². The molecule has 2 fully saturated rings. The van der Waals surface area contributed by atoms with Gasteiger partial charge in [0, 0.05) is 0 Å². The molecule has 0 spiro atoms. The van der Waals surface area contributed by atoms with Crippen molar-refractivity contribution in [3.8, 4) is 5.75 Å². The molecule has 2 aliphatic rings. The average molecular weight is 487 g/mol. The zero-order valence-corrected chi connectivity index (χ0v) is 20.3. The minimum absolute atomic E-state index is 0.0112. The van der Waals surface area contributed by atoms with Gasteiger partial charge in [-0.05, 0) is 99.2 Å². The second-order valence-electron chi connectivity index (χ2n) is 10.3. The lowest BCUT2D eigenvalue weighted by molar-refractivity contribution is -0.276. The van der Waals surface area contributed by atoms with E-state index in [-0.39, 0.29) is 5.92 Å². The van der Waals surface area contributed by atoms with E-state index >= 15 is 0 Å². The number of unbranched alkanes of at least 4 members (excludes halogenated alkanes) is 3. The van der Waals surface area contributed by atoms with Crippen LogP contribution >= 0.6 is 0 Å². The molecule has 0 aromatic heterocycles. The van der Waals surface area contributed by atoms with Crippen molar-refractivity contribution < 1.29 is 26.7 Å². The molecule has 0 saturated heterocycles. The van der Waals surface area contributed by atoms with Crippen LogP contribution in [0.4, 0.5) is 22.0 Å². The Kier molecular flexibility index (Phi) is 10.3. The van der Waals surface area contributed by atoms with E-state index in [2.05, 4.69) is 23.8 Å². The lowest BCUT2D eigenvalue weighted by Gasteiger charge is -2.38. The first kappa shape index (κ1) is 27.0. The third kappa shape index (κ3) is 8.27. The molecular weight excluding hydrogens is 447 g/mol. The molecule has 2 saturated carbocycles. The molecule has 0 unspecified atom stereocenters. The highest BCUT2D eigenvalue weighted by Crippen LogP contribution is 2.45. The molecule has 0 bridgehead atoms. The Morgan fingerprint density at radius 3 is 1.94 bits per heavy atom. The molecule has 0 radical (unpaired) electrons. The van der Waals surface area contributed by atoms with E-state index in [0.717, 1.165) is 49.7 Å². The highest BCUT2D eigenvalue weighted by molar-refractivity contribution is 5.33. The van der Waals surface area contributed by atoms with E-state index in [1.165, 1.54) is 64.2 Å². The molecule has 1 aromatic carbocycles. The van der Waals surface area contributed by atoms with Gasteiger partial charge < -0.3 is 4.74 Å². The number of rotatable bonds is 10. The molecule has 2 aliphatic carbocycles. The molecule has 0 heterocycles. The van der Waals surface area contributed by atoms with Crippen molar-refractivity contribution in [2.75, 3.05) is 0 Å². The Morgan fingerprint density at radius 1 is 0.824 bits per heavy atom. The normalized spacial score (nSPS) is 26.2. The van der Waals surface area contributed by atoms with Crippen molar-refractivity contribution in [2.24, 2.45) is 17.8 Å². The summed E-state index contributed by atoms with van der Waals surface area (Å²) in [6, 6.07) is 2.03. The van der Waals surface area contributed by atoms with Crippen molar-refractivity contribution >= 4 is 0 Å². The summed E-state index contributed by atoms with van der Waals surface area (Å²) in [5.41, 5.74) is 0.441. The largest absolute Gasteiger partial charge is 0.573 e. The summed E-state index contributed by atoms with van der Waals surface area (Å²) in [5, 5.41) is 0. The maximum Gasteiger partial charge on any atom is 0.573 e. The smallest absolute Gasteiger partial charge is 0.399 e. The van der Waals surface area contributed by atoms with E-state index < -0.39 is 23.7 Å². The lowest BCUT2D eigenvalue weighted by atomic mass is 9.68. The quantitative estimate of drug-likeness (QED) is 0.182. The Morgan fingerprint density at radius 2 is 1.38 bits per heavy atom. The summed E-state index contributed by atoms with van der Waals surface area (Å²) in [6.45, 7) is 2.20. The van der Waals surface area contributed by atoms with Crippen molar-refractivity contribution in [3.63, 3.8) is 0 Å². The number of ether oxygens (including phenoxy) is 1. The summed E-state index contributed by atoms with van der Waals surface area (Å²) in [7, 11) is 0. The van der Waals surface area contributed by atoms with Crippen molar-refractivity contribution in [2.45, 2.75) is 109 Å². The van der Waals surface area contributed by atoms with Gasteiger partial charge in [0.05, 0.1) is 0 Å². The SMILES string of the molecule is CCC/C=C/CCCCC1CCC(C2CCC(c3cc(F)c(OC(F)(F)F)c(F)c3)CC2)CC1. The van der Waals surface area contributed by atoms with Gasteiger partial charge in [0.15, 0.2) is 11.6 Å². The first-order valence-corrected chi connectivity index (χ1v) is 13.2. The molecule has 0 N–H and O–H groups in total. The second kappa shape index (κ2) is 12.9. The molecule has 0 aliphatic heterocycles. The first-order valence-electron chi connectivity index (χ1n) is 13.2. The molecule has 3 rings (SSSR count). The third-order valence-corrected chi connectivity index (χ3v) is 7.89. The van der Waals surface area contributed by atoms with Crippen LogP contribution in [0.5, 0.6) is 5.75 Å². The highest BCUT2D eigenvalue weighted by atomic mass is 19.4. The second-order valence-corrected chi connectivity index (χ2v) is 10.3. The Balaban J connectivity index is 1.39. The van der Waals surface area contributed by atoms with Gasteiger partial charge >= 0.3 is 6.36 Å². The molecule has 1 nitrogen and oxygen atoms in total. The van der Waals surface area contributed by atoms with Crippen LogP contribution in [0.1, 0.15) is 108 Å². The fourth-order valence-corrected chi connectivity index (χ4v) is 6.00. The fraction of sp³-hybridized carbons (Fsp3) is 0.714. The first-order chi connectivity index (χ1) is 16.3. The summed E-state index contributed by atoms with van der Waals surface area (Å²) < 4.78 is 68.9. The van der Waals surface area contributed by atoms with Crippen molar-refractivity contribution in [1.29, 1.82) is 0 Å². The number of hydrogen-bond donors (Lipinski definition) is 0. The number of halogens is 5. The summed E-state index contributed by atoms with van der Waals surface area (Å²) >= 11 is 0. The minimum Gasteiger partial charge on any atom is -0.399 e. The van der Waals surface area contributed by atoms with Crippen LogP contribution < -0.4 is 4.74 Å². The molecule has 0 atom stereocenters. The van der Waals surface area contributed by atoms with Crippen LogP contribution in [-0.4, -0.2) is 6.36 Å². The Bertz CT molecular complexity index is 748. The zero-order chi connectivity index (χ0) is 24.6. The molecule has 6 heteroatoms. The molecule has 0 amide bonds. The molecule has 192 valence electrons. The van der Waals surface area contributed by atoms with Crippen LogP contribution in [0.25, 0.3) is 0 Å². The predicted octanol–water partition coefficient (Wildman–Crippen LogP) is 9.86. The molecule has 34 heavy (non-hydrogen) atoms. The topological polar surface area (TPSA) is 9.23 Å². The third-order valence-electron chi connectivity index (χ3n) is 7.89. The van der Waals surface area contributed by atoms with Crippen LogP contribution in [0.2, 0.25) is 0 Å². The maximum atomic E-state index is 14.1. The minimum atomic E-state index is -5.12. The monoisotopic (exact) mass is 486 g/mol. The van der Waals surface area contributed by atoms with Gasteiger partial charge in [-0.1, -0.05) is 51.2 Å². The molecular formula is C28H39F5O. The number of benzene rings is 1. The van der Waals surface area contributed by atoms with Gasteiger partial charge in [-0.2, -0.15) is 0 Å². The standard InChI is InChI=1S/C28H39F5O/c1-2-3-4-5-6-7-8-9-20-10-12-21(13-11-20)22-14-16-23(17-15-22)24-18-25(29)27(26(30)19-24)34-28(31,32)33/h4-5,18-23H,2-3,6-17H2,1H3/b5-4+. The van der Waals surface area contributed by atoms with E-state index in [4.69, 9.17) is 0 Å². The Hall–Kier alpha value is -1.59. The maximum absolute atomic E-state index is 14.1. The van der Waals surface area contributed by atoms with Crippen LogP contribution in [-0.2, 0) is 0 Å². The fourth-order valence-electron chi connectivity index (χ4n) is 6.00. The van der Waals surface area contributed by atoms with Gasteiger partial charge in [0.2, 0.25) is 5.75 Å². The van der Waals surface area contributed by atoms with Gasteiger partial charge in [0.25, 0.3) is 0 Å². The van der Waals surface area contributed by atoms with Crippen LogP contribution in [0.15, 0.2) is 24.3 Å². The summed E-state index contributed by atoms with van der Waals surface area (Å²) in [4.78, 5) is 0. The van der Waals surface area contributed by atoms with Gasteiger partial charge in [-0.25, -0.2) is 8.78 Å². The lowest BCUT2D eigenvalue weighted by Crippen LogP contribution is -2.25. The molecule has 1 aromatic rings. The van der Waals surface area contributed by atoms with Crippen LogP contribution in [0.3, 0.4) is 0 Å². The van der Waals surface area contributed by atoms with Gasteiger partial charge in [0.1, 0.15) is 0 Å². The average Bonchev–Trinajstić information content (AvgIpc) is 2.81. The van der Waals surface area contributed by atoms with E-state index in [0.29, 0.717) is 11.5 Å². The van der Waals surface area contributed by atoms with Gasteiger partial charge in [-0.15, -0.1) is 13.2 Å². The van der Waals surface area contributed by atoms with Crippen molar-refractivity contribution in [1.82, 2.24) is 0 Å². The van der Waals surface area contributed by atoms with E-state index in [9.17, 15) is 22.0 Å². The summed E-state index contributed by atoms with van der Waals surface area (Å²) in [5.74, 6) is -1.70. The number of alkyl halides is 3. The highest BCUT2D eigenvalue weighted by Gasteiger charge is 2.35. The van der Waals surface area contributed by atoms with Crippen molar-refractivity contribution in [3.05, 3.63) is 41.5 Å². The summed E-state index contributed by atoms with van der Waals surface area (Å²) in [6.07, 6.45) is 15.9. The van der Waals surface area contributed by atoms with Gasteiger partial charge in [-0.3, -0.25) is 0 Å². The number of hydrogen-bond acceptors (Lipinski definition) is 1. The Labute approximate surface area is 201 Å². The zero-order valence-electron chi connectivity index (χ0n) is 20.3. The number of allylic oxidation sites excluding steroid dienone is 2. The predicted molar refractivity (Wildman–Crippen MR) is 126 cm³/mol. The van der Waals surface area contributed by atoms with E-state index in [1.807, 2.05) is 0 Å². The van der Waals surface area contributed by atoms with E-state index in [1.54, 1.807) is 0 Å².